The molecule has 2 aromatic heterocycles. The fraction of sp³-hybridized carbons (Fsp3) is 0.400. The fourth-order valence-electron chi connectivity index (χ4n) is 3.97. The molecule has 0 bridgehead atoms. The van der Waals surface area contributed by atoms with Crippen LogP contribution in [-0.4, -0.2) is 33.9 Å². The summed E-state index contributed by atoms with van der Waals surface area (Å²) in [6.45, 7) is 5.96. The number of hydrogen-bond donors (Lipinski definition) is 1. The second-order valence-corrected chi connectivity index (χ2v) is 6.87. The Morgan fingerprint density at radius 3 is 2.77 bits per heavy atom. The average molecular weight is 352 g/mol. The Bertz CT molecular complexity index is 862. The number of H-pyrrole nitrogens is 1. The summed E-state index contributed by atoms with van der Waals surface area (Å²) < 4.78 is 10.7. The smallest absolute Gasteiger partial charge is 0.138 e. The van der Waals surface area contributed by atoms with Crippen molar-refractivity contribution in [2.45, 2.75) is 39.3 Å². The highest BCUT2D eigenvalue weighted by Gasteiger charge is 2.31. The van der Waals surface area contributed by atoms with Crippen LogP contribution in [0.3, 0.4) is 0 Å². The molecule has 26 heavy (non-hydrogen) atoms. The van der Waals surface area contributed by atoms with Gasteiger partial charge >= 0.3 is 0 Å². The zero-order chi connectivity index (χ0) is 18.1. The van der Waals surface area contributed by atoms with Gasteiger partial charge in [0.05, 0.1) is 24.7 Å². The molecule has 1 aliphatic heterocycles. The number of hydrogen-bond acceptors (Lipinski definition) is 5. The van der Waals surface area contributed by atoms with E-state index in [4.69, 9.17) is 9.26 Å². The number of aromatic nitrogens is 3. The van der Waals surface area contributed by atoms with Crippen LogP contribution >= 0.6 is 0 Å². The molecule has 1 unspecified atom stereocenters. The number of aryl methyl sites for hydroxylation is 2. The lowest BCUT2D eigenvalue weighted by molar-refractivity contribution is 0.246. The molecule has 1 atom stereocenters. The van der Waals surface area contributed by atoms with E-state index in [1.165, 1.54) is 17.5 Å². The van der Waals surface area contributed by atoms with E-state index in [0.717, 1.165) is 48.0 Å². The third-order valence-electron chi connectivity index (χ3n) is 5.26. The van der Waals surface area contributed by atoms with Gasteiger partial charge in [0.2, 0.25) is 0 Å². The predicted molar refractivity (Wildman–Crippen MR) is 98.9 cm³/mol. The summed E-state index contributed by atoms with van der Waals surface area (Å²) in [4.78, 5) is 2.50. The number of nitrogens with one attached hydrogen (secondary N) is 1. The van der Waals surface area contributed by atoms with E-state index in [1.54, 1.807) is 7.11 Å². The summed E-state index contributed by atoms with van der Waals surface area (Å²) >= 11 is 0. The summed E-state index contributed by atoms with van der Waals surface area (Å²) in [6, 6.07) is 8.43. The molecule has 4 rings (SSSR count). The van der Waals surface area contributed by atoms with Crippen LogP contribution < -0.4 is 4.74 Å². The SMILES string of the molecule is COc1ccc(-c2[nH]ncc2CN2CCCC2c2c(C)noc2C)cc1. The second-order valence-electron chi connectivity index (χ2n) is 6.87. The number of ether oxygens (including phenoxy) is 1. The maximum atomic E-state index is 5.40. The second kappa shape index (κ2) is 6.96. The number of likely N-dealkylation sites (tertiary alicyclic amines) is 1. The molecule has 0 spiro atoms. The van der Waals surface area contributed by atoms with Gasteiger partial charge in [-0.2, -0.15) is 5.10 Å². The van der Waals surface area contributed by atoms with Gasteiger partial charge in [0.25, 0.3) is 0 Å². The van der Waals surface area contributed by atoms with Crippen molar-refractivity contribution >= 4 is 0 Å². The van der Waals surface area contributed by atoms with Gasteiger partial charge in [-0.15, -0.1) is 0 Å². The number of rotatable bonds is 5. The molecule has 136 valence electrons. The fourth-order valence-corrected chi connectivity index (χ4v) is 3.97. The van der Waals surface area contributed by atoms with Crippen molar-refractivity contribution in [1.82, 2.24) is 20.3 Å². The minimum Gasteiger partial charge on any atom is -0.497 e. The standard InChI is InChI=1S/C20H24N4O2/c1-13-19(14(2)26-23-13)18-5-4-10-24(18)12-16-11-21-22-20(16)15-6-8-17(25-3)9-7-15/h6-9,11,18H,4-5,10,12H2,1-3H3,(H,21,22). The van der Waals surface area contributed by atoms with Crippen LogP contribution in [0.15, 0.2) is 35.0 Å². The third-order valence-corrected chi connectivity index (χ3v) is 5.26. The Balaban J connectivity index is 1.59. The highest BCUT2D eigenvalue weighted by Crippen LogP contribution is 2.37. The molecular formula is C20H24N4O2. The first-order valence-electron chi connectivity index (χ1n) is 9.01. The van der Waals surface area contributed by atoms with Crippen LogP contribution in [0.2, 0.25) is 0 Å². The van der Waals surface area contributed by atoms with Crippen LogP contribution in [0.5, 0.6) is 5.75 Å². The van der Waals surface area contributed by atoms with E-state index in [-0.39, 0.29) is 0 Å². The average Bonchev–Trinajstić information content (AvgIpc) is 3.37. The Labute approximate surface area is 153 Å². The summed E-state index contributed by atoms with van der Waals surface area (Å²) in [5.74, 6) is 1.79. The Kier molecular flexibility index (Phi) is 4.51. The van der Waals surface area contributed by atoms with Gasteiger partial charge in [0, 0.05) is 29.3 Å². The summed E-state index contributed by atoms with van der Waals surface area (Å²) in [7, 11) is 1.68. The normalized spacial score (nSPS) is 17.7. The van der Waals surface area contributed by atoms with Crippen LogP contribution in [0.4, 0.5) is 0 Å². The topological polar surface area (TPSA) is 67.2 Å². The highest BCUT2D eigenvalue weighted by atomic mass is 16.5. The molecule has 0 saturated carbocycles. The molecule has 1 aromatic carbocycles. The molecule has 1 saturated heterocycles. The maximum Gasteiger partial charge on any atom is 0.138 e. The maximum absolute atomic E-state index is 5.40. The number of benzene rings is 1. The van der Waals surface area contributed by atoms with E-state index in [0.29, 0.717) is 6.04 Å². The highest BCUT2D eigenvalue weighted by molar-refractivity contribution is 5.63. The number of nitrogens with zero attached hydrogens (tertiary/aromatic N) is 3. The summed E-state index contributed by atoms with van der Waals surface area (Å²) in [5.41, 5.74) is 5.64. The van der Waals surface area contributed by atoms with Gasteiger partial charge in [-0.25, -0.2) is 0 Å². The van der Waals surface area contributed by atoms with Gasteiger partial charge in [-0.1, -0.05) is 5.16 Å². The van der Waals surface area contributed by atoms with Gasteiger partial charge < -0.3 is 9.26 Å². The van der Waals surface area contributed by atoms with Crippen LogP contribution in [0.1, 0.15) is 41.5 Å². The molecule has 6 heteroatoms. The van der Waals surface area contributed by atoms with Crippen molar-refractivity contribution in [3.05, 3.63) is 53.0 Å². The van der Waals surface area contributed by atoms with Gasteiger partial charge in [-0.05, 0) is 57.5 Å². The zero-order valence-corrected chi connectivity index (χ0v) is 15.5. The minimum atomic E-state index is 0.361. The Hall–Kier alpha value is -2.60. The first kappa shape index (κ1) is 16.8. The van der Waals surface area contributed by atoms with Crippen molar-refractivity contribution < 1.29 is 9.26 Å². The molecule has 1 N–H and O–H groups in total. The molecule has 0 amide bonds. The summed E-state index contributed by atoms with van der Waals surface area (Å²) in [5, 5.41) is 11.6. The first-order valence-corrected chi connectivity index (χ1v) is 9.01. The summed E-state index contributed by atoms with van der Waals surface area (Å²) in [6.07, 6.45) is 4.26. The van der Waals surface area contributed by atoms with Crippen molar-refractivity contribution in [1.29, 1.82) is 0 Å². The zero-order valence-electron chi connectivity index (χ0n) is 15.5. The van der Waals surface area contributed by atoms with Crippen LogP contribution in [-0.2, 0) is 6.54 Å². The van der Waals surface area contributed by atoms with Gasteiger partial charge in [0.1, 0.15) is 11.5 Å². The molecular weight excluding hydrogens is 328 g/mol. The Morgan fingerprint density at radius 2 is 2.08 bits per heavy atom. The van der Waals surface area contributed by atoms with Crippen molar-refractivity contribution in [2.24, 2.45) is 0 Å². The largest absolute Gasteiger partial charge is 0.497 e. The molecule has 3 aromatic rings. The van der Waals surface area contributed by atoms with Crippen molar-refractivity contribution in [3.63, 3.8) is 0 Å². The Morgan fingerprint density at radius 1 is 1.27 bits per heavy atom. The van der Waals surface area contributed by atoms with E-state index in [1.807, 2.05) is 32.2 Å². The quantitative estimate of drug-likeness (QED) is 0.751. The molecule has 6 nitrogen and oxygen atoms in total. The molecule has 1 fully saturated rings. The van der Waals surface area contributed by atoms with E-state index in [9.17, 15) is 0 Å². The number of methoxy groups -OCH3 is 1. The first-order chi connectivity index (χ1) is 12.7. The van der Waals surface area contributed by atoms with Crippen molar-refractivity contribution in [3.8, 4) is 17.0 Å². The van der Waals surface area contributed by atoms with Crippen LogP contribution in [0, 0.1) is 13.8 Å². The molecule has 0 radical (unpaired) electrons. The van der Waals surface area contributed by atoms with Gasteiger partial charge in [-0.3, -0.25) is 10.00 Å². The monoisotopic (exact) mass is 352 g/mol. The van der Waals surface area contributed by atoms with E-state index >= 15 is 0 Å². The number of aromatic amines is 1. The molecule has 3 heterocycles. The molecule has 1 aliphatic rings. The van der Waals surface area contributed by atoms with Crippen LogP contribution in [0.25, 0.3) is 11.3 Å². The molecule has 0 aliphatic carbocycles. The minimum absolute atomic E-state index is 0.361. The third kappa shape index (κ3) is 3.01. The lowest BCUT2D eigenvalue weighted by Gasteiger charge is -2.24. The van der Waals surface area contributed by atoms with Gasteiger partial charge in [0.15, 0.2) is 0 Å². The van der Waals surface area contributed by atoms with E-state index in [2.05, 4.69) is 32.4 Å². The van der Waals surface area contributed by atoms with E-state index < -0.39 is 0 Å². The van der Waals surface area contributed by atoms with Crippen molar-refractivity contribution in [2.75, 3.05) is 13.7 Å². The lowest BCUT2D eigenvalue weighted by Crippen LogP contribution is -2.23. The predicted octanol–water partition coefficient (Wildman–Crippen LogP) is 4.03. The lowest BCUT2D eigenvalue weighted by atomic mass is 10.0.